The smallest absolute Gasteiger partial charge is 0.100 e. The predicted octanol–water partition coefficient (Wildman–Crippen LogP) is 8.03. The summed E-state index contributed by atoms with van der Waals surface area (Å²) >= 11 is 0. The van der Waals surface area contributed by atoms with Crippen LogP contribution in [0.3, 0.4) is 0 Å². The topological polar surface area (TPSA) is 20.3 Å². The molecule has 2 nitrogen and oxygen atoms in total. The fourth-order valence-corrected chi connectivity index (χ4v) is 10.7. The zero-order valence-corrected chi connectivity index (χ0v) is 24.4. The second-order valence-corrected chi connectivity index (χ2v) is 18.2. The maximum atomic E-state index is 13.8. The van der Waals surface area contributed by atoms with Crippen LogP contribution in [0.15, 0.2) is 66.7 Å². The first-order valence-electron chi connectivity index (χ1n) is 12.2. The third-order valence-corrected chi connectivity index (χ3v) is 11.4. The maximum absolute atomic E-state index is 13.8. The van der Waals surface area contributed by atoms with Crippen molar-refractivity contribution in [2.24, 2.45) is 0 Å². The van der Waals surface area contributed by atoms with Crippen LogP contribution in [0.25, 0.3) is 10.8 Å². The highest BCUT2D eigenvalue weighted by Crippen LogP contribution is 2.59. The quantitative estimate of drug-likeness (QED) is 0.328. The lowest BCUT2D eigenvalue weighted by Crippen LogP contribution is -2.40. The molecular weight excluding hydrogens is 453 g/mol. The summed E-state index contributed by atoms with van der Waals surface area (Å²) in [5, 5.41) is 4.11. The molecule has 0 amide bonds. The lowest BCUT2D eigenvalue weighted by atomic mass is 9.94. The molecule has 3 rings (SSSR count). The van der Waals surface area contributed by atoms with Gasteiger partial charge < -0.3 is 0 Å². The summed E-state index contributed by atoms with van der Waals surface area (Å²) in [6, 6.07) is 23.9. The lowest BCUT2D eigenvalue weighted by Gasteiger charge is -2.44. The van der Waals surface area contributed by atoms with Crippen molar-refractivity contribution in [3.8, 4) is 0 Å². The van der Waals surface area contributed by atoms with Crippen LogP contribution in [0.4, 0.5) is 0 Å². The molecule has 3 aromatic carbocycles. The molecule has 4 heteroatoms. The summed E-state index contributed by atoms with van der Waals surface area (Å²) in [4.78, 5) is 0. The van der Waals surface area contributed by atoms with E-state index in [0.717, 1.165) is 0 Å². The summed E-state index contributed by atoms with van der Waals surface area (Å²) in [6.45, 7) is 20.4. The van der Waals surface area contributed by atoms with E-state index in [0.29, 0.717) is 0 Å². The Morgan fingerprint density at radius 3 is 1.79 bits per heavy atom. The molecule has 0 heterocycles. The first-order valence-corrected chi connectivity index (χ1v) is 14.6. The monoisotopic (exact) mass is 495 g/mol. The molecule has 0 aromatic heterocycles. The van der Waals surface area contributed by atoms with E-state index < -0.39 is 18.9 Å². The van der Waals surface area contributed by atoms with E-state index in [1.54, 1.807) is 0 Å². The van der Waals surface area contributed by atoms with Gasteiger partial charge in [0.05, 0.1) is 10.8 Å². The Morgan fingerprint density at radius 1 is 0.706 bits per heavy atom. The van der Waals surface area contributed by atoms with Crippen LogP contribution in [-0.4, -0.2) is 30.6 Å². The van der Waals surface area contributed by atoms with E-state index in [1.165, 1.54) is 27.2 Å². The molecule has 0 fully saturated rings. The zero-order chi connectivity index (χ0) is 25.5. The molecule has 0 aliphatic rings. The number of hydrogen-bond acceptors (Lipinski definition) is 1. The highest BCUT2D eigenvalue weighted by Gasteiger charge is 2.39. The summed E-state index contributed by atoms with van der Waals surface area (Å²) in [5.74, 6) is 0. The lowest BCUT2D eigenvalue weighted by molar-refractivity contribution is 0.443. The Balaban J connectivity index is 2.37. The summed E-state index contributed by atoms with van der Waals surface area (Å²) in [5.41, 5.74) is 2.48. The van der Waals surface area contributed by atoms with Gasteiger partial charge in [0, 0.05) is 7.05 Å². The Kier molecular flexibility index (Phi) is 7.83. The highest BCUT2D eigenvalue weighted by molar-refractivity contribution is 7.84. The Bertz CT molecular complexity index is 1150. The average Bonchev–Trinajstić information content (AvgIpc) is 2.72. The highest BCUT2D eigenvalue weighted by atomic mass is 32.2. The molecular formula is C30H42NOPS. The molecule has 0 radical (unpaired) electrons. The first kappa shape index (κ1) is 27.1. The van der Waals surface area contributed by atoms with Crippen molar-refractivity contribution in [3.63, 3.8) is 0 Å². The van der Waals surface area contributed by atoms with Gasteiger partial charge in [0.1, 0.15) is 11.0 Å². The molecule has 0 saturated carbocycles. The van der Waals surface area contributed by atoms with Gasteiger partial charge in [-0.3, -0.25) is 0 Å². The van der Waals surface area contributed by atoms with E-state index in [-0.39, 0.29) is 21.1 Å². The molecule has 0 N–H and O–H groups in total. The minimum Gasteiger partial charge on any atom is -0.242 e. The number of hydrogen-bond donors (Lipinski definition) is 0. The molecule has 3 aromatic rings. The largest absolute Gasteiger partial charge is 0.242 e. The Morgan fingerprint density at radius 2 is 1.21 bits per heavy atom. The molecule has 184 valence electrons. The van der Waals surface area contributed by atoms with E-state index in [9.17, 15) is 4.21 Å². The molecule has 0 spiro atoms. The van der Waals surface area contributed by atoms with E-state index in [1.807, 2.05) is 7.05 Å². The number of fused-ring (bicyclic) bond motifs is 1. The van der Waals surface area contributed by atoms with Crippen LogP contribution in [0.5, 0.6) is 0 Å². The van der Waals surface area contributed by atoms with Gasteiger partial charge in [0.25, 0.3) is 0 Å². The SMILES string of the molecule is CN([C@H](c1ccccc1P(C(C)(C)C)C(C)(C)C)c1cccc2ccccc12)[S@](=O)C(C)(C)C. The average molecular weight is 496 g/mol. The van der Waals surface area contributed by atoms with Gasteiger partial charge >= 0.3 is 0 Å². The summed E-state index contributed by atoms with van der Waals surface area (Å²) in [7, 11) is 0.327. The molecule has 0 saturated heterocycles. The maximum Gasteiger partial charge on any atom is 0.100 e. The molecule has 0 aliphatic heterocycles. The van der Waals surface area contributed by atoms with E-state index in [4.69, 9.17) is 0 Å². The standard InChI is InChI=1S/C30H42NOPS/c1-28(2,3)33(29(4,5)6)26-21-14-13-19-25(26)27(31(10)34(32)30(7,8)9)24-20-15-17-22-16-11-12-18-23(22)24/h11-21,27H,1-10H3/t27-,34+/m0/s1. The van der Waals surface area contributed by atoms with Crippen LogP contribution >= 0.6 is 7.92 Å². The normalized spacial score (nSPS) is 15.2. The number of rotatable bonds is 5. The van der Waals surface area contributed by atoms with Gasteiger partial charge in [-0.2, -0.15) is 0 Å². The van der Waals surface area contributed by atoms with Gasteiger partial charge in [0.15, 0.2) is 0 Å². The molecule has 34 heavy (non-hydrogen) atoms. The van der Waals surface area contributed by atoms with Crippen LogP contribution in [0.2, 0.25) is 0 Å². The van der Waals surface area contributed by atoms with Crippen LogP contribution in [-0.2, 0) is 11.0 Å². The predicted molar refractivity (Wildman–Crippen MR) is 154 cm³/mol. The summed E-state index contributed by atoms with van der Waals surface area (Å²) < 4.78 is 15.5. The third kappa shape index (κ3) is 5.64. The fourth-order valence-electron chi connectivity index (χ4n) is 5.23. The fraction of sp³-hybridized carbons (Fsp3) is 0.467. The van der Waals surface area contributed by atoms with E-state index in [2.05, 4.69) is 133 Å². The van der Waals surface area contributed by atoms with Gasteiger partial charge in [-0.15, -0.1) is 0 Å². The third-order valence-electron chi connectivity index (χ3n) is 6.08. The van der Waals surface area contributed by atoms with Crippen molar-refractivity contribution in [1.82, 2.24) is 4.31 Å². The van der Waals surface area contributed by atoms with Gasteiger partial charge in [-0.25, -0.2) is 8.51 Å². The van der Waals surface area contributed by atoms with Gasteiger partial charge in [-0.05, 0) is 58.3 Å². The second-order valence-electron chi connectivity index (χ2n) is 12.1. The van der Waals surface area contributed by atoms with Crippen molar-refractivity contribution < 1.29 is 4.21 Å². The second kappa shape index (κ2) is 9.84. The first-order chi connectivity index (χ1) is 15.6. The number of benzene rings is 3. The van der Waals surface area contributed by atoms with Crippen molar-refractivity contribution >= 4 is 35.0 Å². The van der Waals surface area contributed by atoms with Gasteiger partial charge in [-0.1, -0.05) is 116 Å². The van der Waals surface area contributed by atoms with Crippen molar-refractivity contribution in [3.05, 3.63) is 77.9 Å². The zero-order valence-electron chi connectivity index (χ0n) is 22.6. The minimum absolute atomic E-state index is 0.114. The van der Waals surface area contributed by atoms with Gasteiger partial charge in [0.2, 0.25) is 0 Å². The minimum atomic E-state index is -1.18. The molecule has 2 atom stereocenters. The molecule has 0 aliphatic carbocycles. The van der Waals surface area contributed by atoms with Crippen molar-refractivity contribution in [2.75, 3.05) is 7.05 Å². The van der Waals surface area contributed by atoms with Crippen molar-refractivity contribution in [1.29, 1.82) is 0 Å². The Labute approximate surface area is 211 Å². The van der Waals surface area contributed by atoms with Crippen LogP contribution in [0.1, 0.15) is 79.5 Å². The molecule has 0 bridgehead atoms. The van der Waals surface area contributed by atoms with E-state index >= 15 is 0 Å². The Hall–Kier alpha value is -1.54. The van der Waals surface area contributed by atoms with Crippen LogP contribution < -0.4 is 5.30 Å². The van der Waals surface area contributed by atoms with Crippen LogP contribution in [0, 0.1) is 0 Å². The van der Waals surface area contributed by atoms with Crippen molar-refractivity contribution in [2.45, 2.75) is 83.4 Å². The molecule has 0 unspecified atom stereocenters. The number of nitrogens with zero attached hydrogens (tertiary/aromatic N) is 1. The summed E-state index contributed by atoms with van der Waals surface area (Å²) in [6.07, 6.45) is 0.